The maximum absolute atomic E-state index is 9.17. The summed E-state index contributed by atoms with van der Waals surface area (Å²) in [5, 5.41) is 9.17. The van der Waals surface area contributed by atoms with Crippen LogP contribution in [-0.2, 0) is 0 Å². The van der Waals surface area contributed by atoms with Gasteiger partial charge in [-0.1, -0.05) is 6.92 Å². The fourth-order valence-electron chi connectivity index (χ4n) is 2.08. The number of hydrogen-bond donors (Lipinski definition) is 2. The van der Waals surface area contributed by atoms with Gasteiger partial charge in [0.15, 0.2) is 0 Å². The summed E-state index contributed by atoms with van der Waals surface area (Å²) < 4.78 is 0. The summed E-state index contributed by atoms with van der Waals surface area (Å²) in [6, 6.07) is 0.766. The van der Waals surface area contributed by atoms with Gasteiger partial charge in [-0.25, -0.2) is 0 Å². The normalized spacial score (nSPS) is 27.9. The Hall–Kier alpha value is -0.160. The van der Waals surface area contributed by atoms with E-state index in [0.717, 1.165) is 26.1 Å². The zero-order valence-electron chi connectivity index (χ0n) is 9.32. The molecule has 1 fully saturated rings. The third-order valence-corrected chi connectivity index (χ3v) is 3.28. The van der Waals surface area contributed by atoms with Crippen molar-refractivity contribution in [3.63, 3.8) is 0 Å². The summed E-state index contributed by atoms with van der Waals surface area (Å²) in [4.78, 5) is 4.70. The highest BCUT2D eigenvalue weighted by atomic mass is 16.3. The Bertz CT molecular complexity index is 159. The van der Waals surface area contributed by atoms with Crippen molar-refractivity contribution >= 4 is 0 Å². The summed E-state index contributed by atoms with van der Waals surface area (Å²) in [5.41, 5.74) is 5.62. The molecule has 1 aliphatic rings. The van der Waals surface area contributed by atoms with Crippen LogP contribution in [0.25, 0.3) is 0 Å². The highest BCUT2D eigenvalue weighted by Crippen LogP contribution is 2.12. The van der Waals surface area contributed by atoms with Gasteiger partial charge in [0.05, 0.1) is 6.61 Å². The largest absolute Gasteiger partial charge is 0.395 e. The van der Waals surface area contributed by atoms with Crippen molar-refractivity contribution in [3.8, 4) is 0 Å². The molecule has 0 aliphatic carbocycles. The van der Waals surface area contributed by atoms with Crippen LogP contribution in [0, 0.1) is 0 Å². The summed E-state index contributed by atoms with van der Waals surface area (Å²) in [7, 11) is 2.17. The lowest BCUT2D eigenvalue weighted by Crippen LogP contribution is -2.56. The fourth-order valence-corrected chi connectivity index (χ4v) is 2.08. The first-order valence-corrected chi connectivity index (χ1v) is 5.48. The van der Waals surface area contributed by atoms with E-state index in [2.05, 4.69) is 23.8 Å². The van der Waals surface area contributed by atoms with Crippen LogP contribution in [0.5, 0.6) is 0 Å². The number of likely N-dealkylation sites (N-methyl/N-ethyl adjacent to an activating group) is 1. The van der Waals surface area contributed by atoms with Crippen molar-refractivity contribution in [1.29, 1.82) is 0 Å². The molecule has 0 amide bonds. The quantitative estimate of drug-likeness (QED) is 0.633. The van der Waals surface area contributed by atoms with Gasteiger partial charge in [0.1, 0.15) is 0 Å². The average Bonchev–Trinajstić information content (AvgIpc) is 2.22. The highest BCUT2D eigenvalue weighted by molar-refractivity contribution is 4.83. The number of aliphatic hydroxyl groups is 1. The summed E-state index contributed by atoms with van der Waals surface area (Å²) in [6.45, 7) is 6.08. The fraction of sp³-hybridized carbons (Fsp3) is 1.00. The zero-order chi connectivity index (χ0) is 10.6. The van der Waals surface area contributed by atoms with Gasteiger partial charge >= 0.3 is 0 Å². The van der Waals surface area contributed by atoms with Gasteiger partial charge in [-0.2, -0.15) is 0 Å². The Morgan fingerprint density at radius 2 is 2.21 bits per heavy atom. The molecule has 0 aromatic carbocycles. The number of nitrogens with two attached hydrogens (primary N) is 1. The second-order valence-corrected chi connectivity index (χ2v) is 4.11. The minimum absolute atomic E-state index is 0.151. The molecule has 14 heavy (non-hydrogen) atoms. The third-order valence-electron chi connectivity index (χ3n) is 3.28. The molecule has 1 aliphatic heterocycles. The molecule has 0 radical (unpaired) electrons. The van der Waals surface area contributed by atoms with Crippen molar-refractivity contribution in [3.05, 3.63) is 0 Å². The predicted molar refractivity (Wildman–Crippen MR) is 58.2 cm³/mol. The number of aliphatic hydroxyl groups excluding tert-OH is 1. The Morgan fingerprint density at radius 3 is 2.71 bits per heavy atom. The van der Waals surface area contributed by atoms with Gasteiger partial charge in [-0.05, 0) is 13.5 Å². The monoisotopic (exact) mass is 201 g/mol. The van der Waals surface area contributed by atoms with E-state index >= 15 is 0 Å². The van der Waals surface area contributed by atoms with Crippen molar-refractivity contribution in [2.45, 2.75) is 25.4 Å². The zero-order valence-corrected chi connectivity index (χ0v) is 9.32. The van der Waals surface area contributed by atoms with E-state index < -0.39 is 0 Å². The van der Waals surface area contributed by atoms with E-state index in [1.54, 1.807) is 0 Å². The SMILES string of the molecule is CCC1CN(C(CN)CO)CCN1C. The first-order valence-electron chi connectivity index (χ1n) is 5.48. The van der Waals surface area contributed by atoms with Crippen molar-refractivity contribution in [2.24, 2.45) is 5.73 Å². The molecule has 0 aromatic heterocycles. The topological polar surface area (TPSA) is 52.7 Å². The minimum atomic E-state index is 0.151. The third kappa shape index (κ3) is 2.67. The van der Waals surface area contributed by atoms with E-state index in [4.69, 9.17) is 10.8 Å². The smallest absolute Gasteiger partial charge is 0.0599 e. The van der Waals surface area contributed by atoms with Crippen LogP contribution in [0.15, 0.2) is 0 Å². The maximum atomic E-state index is 9.17. The Kier molecular flexibility index (Phi) is 4.81. The number of nitrogens with zero attached hydrogens (tertiary/aromatic N) is 2. The van der Waals surface area contributed by atoms with Crippen LogP contribution in [0.3, 0.4) is 0 Å². The van der Waals surface area contributed by atoms with Gasteiger partial charge in [-0.3, -0.25) is 4.90 Å². The van der Waals surface area contributed by atoms with Gasteiger partial charge < -0.3 is 15.7 Å². The van der Waals surface area contributed by atoms with Crippen LogP contribution < -0.4 is 5.73 Å². The molecule has 84 valence electrons. The van der Waals surface area contributed by atoms with Gasteiger partial charge in [-0.15, -0.1) is 0 Å². The second kappa shape index (κ2) is 5.66. The molecule has 0 bridgehead atoms. The molecule has 3 N–H and O–H groups in total. The summed E-state index contributed by atoms with van der Waals surface area (Å²) in [6.07, 6.45) is 1.16. The van der Waals surface area contributed by atoms with E-state index in [9.17, 15) is 0 Å². The lowest BCUT2D eigenvalue weighted by atomic mass is 10.1. The van der Waals surface area contributed by atoms with Crippen LogP contribution >= 0.6 is 0 Å². The van der Waals surface area contributed by atoms with Crippen LogP contribution in [0.1, 0.15) is 13.3 Å². The van der Waals surface area contributed by atoms with E-state index in [-0.39, 0.29) is 12.6 Å². The van der Waals surface area contributed by atoms with Crippen molar-refractivity contribution in [1.82, 2.24) is 9.80 Å². The van der Waals surface area contributed by atoms with E-state index in [0.29, 0.717) is 12.6 Å². The minimum Gasteiger partial charge on any atom is -0.395 e. The highest BCUT2D eigenvalue weighted by Gasteiger charge is 2.26. The van der Waals surface area contributed by atoms with Gasteiger partial charge in [0.25, 0.3) is 0 Å². The average molecular weight is 201 g/mol. The van der Waals surface area contributed by atoms with Crippen LogP contribution in [0.2, 0.25) is 0 Å². The number of hydrogen-bond acceptors (Lipinski definition) is 4. The molecule has 0 saturated carbocycles. The number of rotatable bonds is 4. The van der Waals surface area contributed by atoms with E-state index in [1.165, 1.54) is 0 Å². The van der Waals surface area contributed by atoms with Crippen LogP contribution in [-0.4, -0.2) is 66.8 Å². The molecule has 2 atom stereocenters. The summed E-state index contributed by atoms with van der Waals surface area (Å²) >= 11 is 0. The standard InChI is InChI=1S/C10H23N3O/c1-3-9-7-13(5-4-12(9)2)10(6-11)8-14/h9-10,14H,3-8,11H2,1-2H3. The molecule has 0 aromatic rings. The van der Waals surface area contributed by atoms with Crippen molar-refractivity contribution in [2.75, 3.05) is 39.8 Å². The maximum Gasteiger partial charge on any atom is 0.0599 e. The first kappa shape index (κ1) is 11.9. The molecule has 0 spiro atoms. The molecule has 1 saturated heterocycles. The molecule has 4 heteroatoms. The predicted octanol–water partition coefficient (Wildman–Crippen LogP) is -0.668. The summed E-state index contributed by atoms with van der Waals surface area (Å²) in [5.74, 6) is 0. The Labute approximate surface area is 86.7 Å². The molecule has 1 rings (SSSR count). The van der Waals surface area contributed by atoms with Crippen molar-refractivity contribution < 1.29 is 5.11 Å². The number of piperazine rings is 1. The molecule has 4 nitrogen and oxygen atoms in total. The van der Waals surface area contributed by atoms with Gasteiger partial charge in [0, 0.05) is 38.3 Å². The Balaban J connectivity index is 2.48. The molecular formula is C10H23N3O. The lowest BCUT2D eigenvalue weighted by Gasteiger charge is -2.42. The molecule has 2 unspecified atom stereocenters. The molecular weight excluding hydrogens is 178 g/mol. The van der Waals surface area contributed by atoms with E-state index in [1.807, 2.05) is 0 Å². The first-order chi connectivity index (χ1) is 6.72. The second-order valence-electron chi connectivity index (χ2n) is 4.11. The molecule has 1 heterocycles. The Morgan fingerprint density at radius 1 is 1.50 bits per heavy atom. The lowest BCUT2D eigenvalue weighted by molar-refractivity contribution is 0.0429. The van der Waals surface area contributed by atoms with Crippen LogP contribution in [0.4, 0.5) is 0 Å². The van der Waals surface area contributed by atoms with Gasteiger partial charge in [0.2, 0.25) is 0 Å².